The molecule has 0 fully saturated rings. The van der Waals surface area contributed by atoms with Crippen LogP contribution in [0.5, 0.6) is 0 Å². The number of rotatable bonds is 8. The number of unbranched alkanes of at least 4 members (excludes halogenated alkanes) is 2. The number of carbonyl (C=O) groups is 1. The monoisotopic (exact) mass is 276 g/mol. The first-order valence-corrected chi connectivity index (χ1v) is 7.54. The summed E-state index contributed by atoms with van der Waals surface area (Å²) >= 11 is 0. The third-order valence-corrected chi connectivity index (χ3v) is 3.64. The highest BCUT2D eigenvalue weighted by Crippen LogP contribution is 2.23. The van der Waals surface area contributed by atoms with E-state index in [1.807, 2.05) is 30.3 Å². The molecule has 0 saturated heterocycles. The van der Waals surface area contributed by atoms with Gasteiger partial charge < -0.3 is 11.1 Å². The first-order valence-electron chi connectivity index (χ1n) is 7.54. The highest BCUT2D eigenvalue weighted by molar-refractivity contribution is 5.82. The number of hydrogen-bond donors (Lipinski definition) is 2. The molecule has 1 rings (SSSR count). The van der Waals surface area contributed by atoms with Crippen LogP contribution in [-0.2, 0) is 4.79 Å². The zero-order valence-corrected chi connectivity index (χ0v) is 13.0. The Labute approximate surface area is 122 Å². The zero-order valence-electron chi connectivity index (χ0n) is 13.0. The van der Waals surface area contributed by atoms with Gasteiger partial charge >= 0.3 is 0 Å². The van der Waals surface area contributed by atoms with Crippen molar-refractivity contribution in [3.63, 3.8) is 0 Å². The van der Waals surface area contributed by atoms with Crippen molar-refractivity contribution in [1.29, 1.82) is 0 Å². The van der Waals surface area contributed by atoms with Crippen LogP contribution >= 0.6 is 0 Å². The van der Waals surface area contributed by atoms with E-state index < -0.39 is 6.04 Å². The lowest BCUT2D eigenvalue weighted by molar-refractivity contribution is -0.122. The lowest BCUT2D eigenvalue weighted by atomic mass is 9.86. The molecule has 1 atom stereocenters. The van der Waals surface area contributed by atoms with Gasteiger partial charge in [-0.05, 0) is 17.4 Å². The van der Waals surface area contributed by atoms with Crippen LogP contribution in [0.25, 0.3) is 0 Å². The summed E-state index contributed by atoms with van der Waals surface area (Å²) in [6.07, 6.45) is 4.81. The van der Waals surface area contributed by atoms with Crippen molar-refractivity contribution in [3.05, 3.63) is 35.9 Å². The minimum atomic E-state index is -0.581. The Balaban J connectivity index is 2.42. The number of nitrogens with one attached hydrogen (secondary N) is 1. The average molecular weight is 276 g/mol. The topological polar surface area (TPSA) is 55.1 Å². The molecule has 0 saturated carbocycles. The summed E-state index contributed by atoms with van der Waals surface area (Å²) < 4.78 is 0. The van der Waals surface area contributed by atoms with E-state index in [-0.39, 0.29) is 11.3 Å². The predicted octanol–water partition coefficient (Wildman–Crippen LogP) is 3.41. The van der Waals surface area contributed by atoms with E-state index in [2.05, 4.69) is 26.1 Å². The molecule has 0 aliphatic rings. The van der Waals surface area contributed by atoms with Gasteiger partial charge in [-0.3, -0.25) is 4.79 Å². The van der Waals surface area contributed by atoms with Gasteiger partial charge in [0.2, 0.25) is 5.91 Å². The van der Waals surface area contributed by atoms with Gasteiger partial charge in [-0.1, -0.05) is 70.4 Å². The molecule has 3 heteroatoms. The highest BCUT2D eigenvalue weighted by Gasteiger charge is 2.21. The van der Waals surface area contributed by atoms with E-state index in [0.717, 1.165) is 12.0 Å². The molecule has 112 valence electrons. The van der Waals surface area contributed by atoms with Gasteiger partial charge in [-0.2, -0.15) is 0 Å². The third-order valence-electron chi connectivity index (χ3n) is 3.64. The molecule has 20 heavy (non-hydrogen) atoms. The van der Waals surface area contributed by atoms with Crippen LogP contribution in [0.2, 0.25) is 0 Å². The van der Waals surface area contributed by atoms with E-state index in [0.29, 0.717) is 6.54 Å². The van der Waals surface area contributed by atoms with Crippen molar-refractivity contribution in [1.82, 2.24) is 5.32 Å². The first kappa shape index (κ1) is 16.7. The Morgan fingerprint density at radius 2 is 1.90 bits per heavy atom. The van der Waals surface area contributed by atoms with E-state index in [1.165, 1.54) is 19.3 Å². The normalized spacial score (nSPS) is 13.0. The molecule has 0 spiro atoms. The summed E-state index contributed by atoms with van der Waals surface area (Å²) in [7, 11) is 0. The molecule has 0 heterocycles. The predicted molar refractivity (Wildman–Crippen MR) is 84.3 cm³/mol. The summed E-state index contributed by atoms with van der Waals surface area (Å²) in [6.45, 7) is 7.26. The second-order valence-electron chi connectivity index (χ2n) is 6.23. The Morgan fingerprint density at radius 3 is 2.50 bits per heavy atom. The summed E-state index contributed by atoms with van der Waals surface area (Å²) in [5.74, 6) is -0.0974. The number of hydrogen-bond acceptors (Lipinski definition) is 2. The maximum absolute atomic E-state index is 12.1. The van der Waals surface area contributed by atoms with Gasteiger partial charge in [0.05, 0.1) is 0 Å². The smallest absolute Gasteiger partial charge is 0.241 e. The SMILES string of the molecule is CCCCCC(C)(C)CNC(=O)[C@H](N)c1ccccc1. The van der Waals surface area contributed by atoms with Crippen LogP contribution in [0.15, 0.2) is 30.3 Å². The van der Waals surface area contributed by atoms with Crippen LogP contribution in [0.4, 0.5) is 0 Å². The molecule has 3 nitrogen and oxygen atoms in total. The van der Waals surface area contributed by atoms with Gasteiger partial charge in [0, 0.05) is 6.54 Å². The lowest BCUT2D eigenvalue weighted by Crippen LogP contribution is -2.39. The van der Waals surface area contributed by atoms with E-state index in [1.54, 1.807) is 0 Å². The molecule has 0 unspecified atom stereocenters. The lowest BCUT2D eigenvalue weighted by Gasteiger charge is -2.26. The van der Waals surface area contributed by atoms with E-state index >= 15 is 0 Å². The Hall–Kier alpha value is -1.35. The van der Waals surface area contributed by atoms with Crippen molar-refractivity contribution in [2.24, 2.45) is 11.1 Å². The van der Waals surface area contributed by atoms with Gasteiger partial charge in [-0.15, -0.1) is 0 Å². The standard InChI is InChI=1S/C17H28N2O/c1-4-5-9-12-17(2,3)13-19-16(20)15(18)14-10-7-6-8-11-14/h6-8,10-11,15H,4-5,9,12-13,18H2,1-3H3,(H,19,20)/t15-/m1/s1. The maximum atomic E-state index is 12.1. The zero-order chi connectivity index (χ0) is 15.0. The molecule has 1 aromatic carbocycles. The fourth-order valence-corrected chi connectivity index (χ4v) is 2.19. The minimum absolute atomic E-state index is 0.0974. The van der Waals surface area contributed by atoms with Crippen molar-refractivity contribution in [3.8, 4) is 0 Å². The number of carbonyl (C=O) groups excluding carboxylic acids is 1. The molecule has 0 aromatic heterocycles. The average Bonchev–Trinajstić information content (AvgIpc) is 2.45. The van der Waals surface area contributed by atoms with Crippen LogP contribution < -0.4 is 11.1 Å². The Kier molecular flexibility index (Phi) is 6.73. The van der Waals surface area contributed by atoms with Crippen molar-refractivity contribution in [2.45, 2.75) is 52.5 Å². The first-order chi connectivity index (χ1) is 9.46. The van der Waals surface area contributed by atoms with Gasteiger partial charge in [0.15, 0.2) is 0 Å². The second kappa shape index (κ2) is 8.05. The molecular formula is C17H28N2O. The van der Waals surface area contributed by atoms with Crippen molar-refractivity contribution < 1.29 is 4.79 Å². The fraction of sp³-hybridized carbons (Fsp3) is 0.588. The molecule has 0 radical (unpaired) electrons. The molecule has 0 aliphatic heterocycles. The molecule has 1 amide bonds. The number of nitrogens with two attached hydrogens (primary N) is 1. The van der Waals surface area contributed by atoms with E-state index in [9.17, 15) is 4.79 Å². The molecular weight excluding hydrogens is 248 g/mol. The van der Waals surface area contributed by atoms with Crippen LogP contribution in [0.3, 0.4) is 0 Å². The third kappa shape index (κ3) is 5.74. The van der Waals surface area contributed by atoms with E-state index in [4.69, 9.17) is 5.73 Å². The summed E-state index contributed by atoms with van der Waals surface area (Å²) in [4.78, 5) is 12.1. The van der Waals surface area contributed by atoms with Gasteiger partial charge in [0.1, 0.15) is 6.04 Å². The molecule has 0 aliphatic carbocycles. The summed E-state index contributed by atoms with van der Waals surface area (Å²) in [6, 6.07) is 8.91. The van der Waals surface area contributed by atoms with Crippen molar-refractivity contribution >= 4 is 5.91 Å². The van der Waals surface area contributed by atoms with Crippen LogP contribution in [-0.4, -0.2) is 12.5 Å². The van der Waals surface area contributed by atoms with Crippen molar-refractivity contribution in [2.75, 3.05) is 6.54 Å². The second-order valence-corrected chi connectivity index (χ2v) is 6.23. The Morgan fingerprint density at radius 1 is 1.25 bits per heavy atom. The quantitative estimate of drug-likeness (QED) is 0.715. The van der Waals surface area contributed by atoms with Crippen LogP contribution in [0.1, 0.15) is 58.1 Å². The minimum Gasteiger partial charge on any atom is -0.354 e. The summed E-state index contributed by atoms with van der Waals surface area (Å²) in [5.41, 5.74) is 6.96. The largest absolute Gasteiger partial charge is 0.354 e. The van der Waals surface area contributed by atoms with Crippen LogP contribution in [0, 0.1) is 5.41 Å². The van der Waals surface area contributed by atoms with Gasteiger partial charge in [0.25, 0.3) is 0 Å². The van der Waals surface area contributed by atoms with Gasteiger partial charge in [-0.25, -0.2) is 0 Å². The highest BCUT2D eigenvalue weighted by atomic mass is 16.2. The fourth-order valence-electron chi connectivity index (χ4n) is 2.19. The molecule has 3 N–H and O–H groups in total. The molecule has 1 aromatic rings. The number of benzene rings is 1. The maximum Gasteiger partial charge on any atom is 0.241 e. The molecule has 0 bridgehead atoms. The Bertz CT molecular complexity index is 401. The number of amides is 1. The summed E-state index contributed by atoms with van der Waals surface area (Å²) in [5, 5.41) is 2.98.